The topological polar surface area (TPSA) is 107 Å². The van der Waals surface area contributed by atoms with Crippen molar-refractivity contribution in [3.05, 3.63) is 111 Å². The molecule has 3 aliphatic heterocycles. The molecule has 3 aliphatic rings. The first-order valence-electron chi connectivity index (χ1n) is 17.0. The van der Waals surface area contributed by atoms with Crippen molar-refractivity contribution in [1.29, 1.82) is 0 Å². The van der Waals surface area contributed by atoms with Gasteiger partial charge in [-0.1, -0.05) is 42.5 Å². The van der Waals surface area contributed by atoms with Crippen molar-refractivity contribution in [3.63, 3.8) is 0 Å². The van der Waals surface area contributed by atoms with E-state index >= 15 is 4.79 Å². The number of anilines is 1. The molecule has 7 rings (SSSR count). The highest BCUT2D eigenvalue weighted by atomic mass is 16.5. The van der Waals surface area contributed by atoms with E-state index in [0.29, 0.717) is 43.9 Å². The van der Waals surface area contributed by atoms with E-state index in [1.165, 1.54) is 10.5 Å². The van der Waals surface area contributed by atoms with Gasteiger partial charge in [0.1, 0.15) is 0 Å². The van der Waals surface area contributed by atoms with Crippen LogP contribution in [0, 0.1) is 13.8 Å². The van der Waals surface area contributed by atoms with E-state index in [1.54, 1.807) is 0 Å². The molecular weight excluding hydrogens is 618 g/mol. The number of carbonyl (C=O) groups is 3. The average Bonchev–Trinajstić information content (AvgIpc) is 3.41. The lowest BCUT2D eigenvalue weighted by atomic mass is 9.89. The molecule has 0 bridgehead atoms. The van der Waals surface area contributed by atoms with Gasteiger partial charge in [0.2, 0.25) is 0 Å². The number of rotatable bonds is 6. The Kier molecular flexibility index (Phi) is 9.00. The summed E-state index contributed by atoms with van der Waals surface area (Å²) in [5.41, 5.74) is 9.32. The van der Waals surface area contributed by atoms with Crippen LogP contribution < -0.4 is 5.32 Å². The van der Waals surface area contributed by atoms with Crippen molar-refractivity contribution in [2.45, 2.75) is 45.8 Å². The Hall–Kier alpha value is -4.93. The molecule has 10 nitrogen and oxygen atoms in total. The average molecular weight is 662 g/mol. The molecule has 254 valence electrons. The van der Waals surface area contributed by atoms with Crippen molar-refractivity contribution in [2.75, 3.05) is 44.7 Å². The number of carbonyl (C=O) groups excluding carboxylic acids is 2. The zero-order chi connectivity index (χ0) is 34.2. The molecule has 3 amide bonds. The van der Waals surface area contributed by atoms with Crippen LogP contribution in [0.4, 0.5) is 10.5 Å². The lowest BCUT2D eigenvalue weighted by Gasteiger charge is -2.41. The number of para-hydroxylation sites is 1. The number of carboxylic acid groups (broad SMARTS) is 1. The summed E-state index contributed by atoms with van der Waals surface area (Å²) in [6.07, 6.45) is 0.325. The van der Waals surface area contributed by atoms with Crippen LogP contribution in [0.15, 0.2) is 66.7 Å². The lowest BCUT2D eigenvalue weighted by molar-refractivity contribution is 0.0193. The Morgan fingerprint density at radius 2 is 1.59 bits per heavy atom. The Morgan fingerprint density at radius 3 is 2.35 bits per heavy atom. The van der Waals surface area contributed by atoms with E-state index in [0.717, 1.165) is 70.9 Å². The Morgan fingerprint density at radius 1 is 0.857 bits per heavy atom. The van der Waals surface area contributed by atoms with Gasteiger partial charge in [-0.15, -0.1) is 0 Å². The maximum atomic E-state index is 15.0. The maximum Gasteiger partial charge on any atom is 0.407 e. The molecule has 1 saturated heterocycles. The number of morpholine rings is 1. The van der Waals surface area contributed by atoms with Gasteiger partial charge in [-0.25, -0.2) is 4.79 Å². The Balaban J connectivity index is 1.31. The molecule has 0 unspecified atom stereocenters. The lowest BCUT2D eigenvalue weighted by Crippen LogP contribution is -2.52. The third-order valence-corrected chi connectivity index (χ3v) is 10.5. The predicted octanol–water partition coefficient (Wildman–Crippen LogP) is 5.50. The van der Waals surface area contributed by atoms with Crippen LogP contribution in [-0.4, -0.2) is 87.7 Å². The quantitative estimate of drug-likeness (QED) is 0.283. The number of nitrogens with zero attached hydrogens (tertiary/aromatic N) is 4. The number of benzene rings is 3. The van der Waals surface area contributed by atoms with Crippen LogP contribution in [0.1, 0.15) is 54.2 Å². The summed E-state index contributed by atoms with van der Waals surface area (Å²) in [4.78, 5) is 46.4. The second-order valence-corrected chi connectivity index (χ2v) is 13.5. The van der Waals surface area contributed by atoms with Gasteiger partial charge in [0.25, 0.3) is 11.8 Å². The molecule has 1 atom stereocenters. The van der Waals surface area contributed by atoms with Crippen molar-refractivity contribution in [3.8, 4) is 11.3 Å². The van der Waals surface area contributed by atoms with Crippen LogP contribution in [-0.2, 0) is 37.7 Å². The van der Waals surface area contributed by atoms with E-state index < -0.39 is 6.09 Å². The van der Waals surface area contributed by atoms with Gasteiger partial charge < -0.3 is 29.5 Å². The van der Waals surface area contributed by atoms with E-state index in [1.807, 2.05) is 72.8 Å². The number of hydrogen-bond donors (Lipinski definition) is 2. The van der Waals surface area contributed by atoms with Gasteiger partial charge in [0, 0.05) is 80.6 Å². The van der Waals surface area contributed by atoms with E-state index in [-0.39, 0.29) is 24.4 Å². The Bertz CT molecular complexity index is 1930. The highest BCUT2D eigenvalue weighted by Crippen LogP contribution is 2.35. The monoisotopic (exact) mass is 661 g/mol. The van der Waals surface area contributed by atoms with Crippen LogP contribution in [0.2, 0.25) is 0 Å². The molecule has 0 radical (unpaired) electrons. The maximum absolute atomic E-state index is 15.0. The van der Waals surface area contributed by atoms with E-state index in [2.05, 4.69) is 34.5 Å². The molecule has 1 fully saturated rings. The van der Waals surface area contributed by atoms with Crippen LogP contribution >= 0.6 is 0 Å². The summed E-state index contributed by atoms with van der Waals surface area (Å²) < 4.78 is 7.59. The van der Waals surface area contributed by atoms with Gasteiger partial charge >= 0.3 is 6.09 Å². The molecule has 1 aromatic heterocycles. The first-order valence-corrected chi connectivity index (χ1v) is 17.0. The van der Waals surface area contributed by atoms with Gasteiger partial charge in [-0.05, 0) is 78.8 Å². The highest BCUT2D eigenvalue weighted by molar-refractivity contribution is 6.07. The van der Waals surface area contributed by atoms with Gasteiger partial charge in [0.15, 0.2) is 0 Å². The number of aromatic nitrogens is 1. The molecule has 0 aliphatic carbocycles. The third-order valence-electron chi connectivity index (χ3n) is 10.5. The Labute approximate surface area is 286 Å². The van der Waals surface area contributed by atoms with E-state index in [9.17, 15) is 14.7 Å². The smallest absolute Gasteiger partial charge is 0.407 e. The van der Waals surface area contributed by atoms with Gasteiger partial charge in [-0.3, -0.25) is 14.5 Å². The summed E-state index contributed by atoms with van der Waals surface area (Å²) >= 11 is 0. The molecule has 10 heteroatoms. The molecule has 4 heterocycles. The normalized spacial score (nSPS) is 17.7. The second kappa shape index (κ2) is 13.5. The van der Waals surface area contributed by atoms with Gasteiger partial charge in [-0.2, -0.15) is 0 Å². The van der Waals surface area contributed by atoms with Crippen molar-refractivity contribution < 1.29 is 24.2 Å². The number of aryl methyl sites for hydroxylation is 1. The molecule has 0 spiro atoms. The summed E-state index contributed by atoms with van der Waals surface area (Å²) in [7, 11) is 1.92. The number of hydrogen-bond acceptors (Lipinski definition) is 5. The fourth-order valence-electron chi connectivity index (χ4n) is 7.48. The minimum Gasteiger partial charge on any atom is -0.465 e. The second-order valence-electron chi connectivity index (χ2n) is 13.5. The van der Waals surface area contributed by atoms with Crippen molar-refractivity contribution in [2.24, 2.45) is 7.05 Å². The number of nitrogens with one attached hydrogen (secondary N) is 1. The number of amides is 3. The van der Waals surface area contributed by atoms with Crippen LogP contribution in [0.25, 0.3) is 11.3 Å². The molecular formula is C39H43N5O5. The molecule has 4 aromatic rings. The first kappa shape index (κ1) is 32.6. The highest BCUT2D eigenvalue weighted by Gasteiger charge is 2.35. The zero-order valence-corrected chi connectivity index (χ0v) is 28.4. The van der Waals surface area contributed by atoms with Crippen molar-refractivity contribution in [1.82, 2.24) is 19.3 Å². The van der Waals surface area contributed by atoms with Crippen LogP contribution in [0.3, 0.4) is 0 Å². The summed E-state index contributed by atoms with van der Waals surface area (Å²) in [6, 6.07) is 21.8. The number of fused-ring (bicyclic) bond motifs is 2. The SMILES string of the molecule is Cc1ccccc1NC(=O)c1cc(-c2cc3c(cc2C(=O)N2Cc4ccccc4C[C@H]2CN2CCOCC2)CN(C(=O)O)CC3)n(C)c1C. The largest absolute Gasteiger partial charge is 0.465 e. The molecule has 49 heavy (non-hydrogen) atoms. The fourth-order valence-corrected chi connectivity index (χ4v) is 7.48. The van der Waals surface area contributed by atoms with E-state index in [4.69, 9.17) is 4.74 Å². The molecule has 3 aromatic carbocycles. The molecule has 2 N–H and O–H groups in total. The molecule has 0 saturated carbocycles. The summed E-state index contributed by atoms with van der Waals surface area (Å²) in [5, 5.41) is 12.9. The number of ether oxygens (including phenoxy) is 1. The first-order chi connectivity index (χ1) is 23.7. The van der Waals surface area contributed by atoms with Crippen LogP contribution in [0.5, 0.6) is 0 Å². The minimum absolute atomic E-state index is 0.0505. The summed E-state index contributed by atoms with van der Waals surface area (Å²) in [6.45, 7) is 8.72. The van der Waals surface area contributed by atoms with Crippen molar-refractivity contribution >= 4 is 23.6 Å². The predicted molar refractivity (Wildman–Crippen MR) is 188 cm³/mol. The minimum atomic E-state index is -0.969. The fraction of sp³-hybridized carbons (Fsp3) is 0.359. The summed E-state index contributed by atoms with van der Waals surface area (Å²) in [5.74, 6) is -0.308. The zero-order valence-electron chi connectivity index (χ0n) is 28.4. The van der Waals surface area contributed by atoms with Gasteiger partial charge in [0.05, 0.1) is 18.8 Å². The standard InChI is InChI=1S/C39H43N5O5/c1-25-8-4-7-11-35(25)40-37(45)32-21-36(41(3)26(32)2)33-19-28-12-13-43(39(47)48)22-30(28)20-34(33)38(46)44-23-29-10-6-5-9-27(29)18-31(44)24-42-14-16-49-17-15-42/h4-11,19-21,31H,12-18,22-24H2,1-3H3,(H,40,45)(H,47,48)/t31-/m0/s1. The third kappa shape index (κ3) is 6.46.